The van der Waals surface area contributed by atoms with Crippen LogP contribution in [0.4, 0.5) is 19.0 Å². The van der Waals surface area contributed by atoms with Crippen molar-refractivity contribution in [1.82, 2.24) is 20.8 Å². The van der Waals surface area contributed by atoms with Crippen molar-refractivity contribution >= 4 is 22.6 Å². The summed E-state index contributed by atoms with van der Waals surface area (Å²) in [6.45, 7) is 5.34. The molecule has 2 aromatic rings. The van der Waals surface area contributed by atoms with Crippen LogP contribution in [0.5, 0.6) is 0 Å². The Labute approximate surface area is 142 Å². The number of alkyl halides is 3. The fourth-order valence-corrected chi connectivity index (χ4v) is 2.64. The highest BCUT2D eigenvalue weighted by Gasteiger charge is 2.31. The van der Waals surface area contributed by atoms with E-state index in [1.807, 2.05) is 0 Å². The van der Waals surface area contributed by atoms with E-state index in [2.05, 4.69) is 27.4 Å². The van der Waals surface area contributed by atoms with Crippen molar-refractivity contribution in [2.75, 3.05) is 31.1 Å². The van der Waals surface area contributed by atoms with Crippen LogP contribution in [0, 0.1) is 0 Å². The summed E-state index contributed by atoms with van der Waals surface area (Å²) in [6, 6.07) is 3.46. The van der Waals surface area contributed by atoms with Gasteiger partial charge in [-0.25, -0.2) is 0 Å². The molecule has 1 saturated heterocycles. The van der Waals surface area contributed by atoms with Gasteiger partial charge in [0.1, 0.15) is 0 Å². The number of aromatic nitrogens is 2. The van der Waals surface area contributed by atoms with Crippen LogP contribution in [0.25, 0.3) is 10.9 Å². The minimum atomic E-state index is -4.44. The molecule has 0 saturated carbocycles. The monoisotopic (exact) mass is 353 g/mol. The average Bonchev–Trinajstić information content (AvgIpc) is 2.93. The number of nitrogens with one attached hydrogen (secondary N) is 3. The number of H-pyrrole nitrogens is 1. The lowest BCUT2D eigenvalue weighted by Gasteiger charge is -2.29. The lowest BCUT2D eigenvalue weighted by Crippen LogP contribution is -2.58. The Morgan fingerprint density at radius 1 is 1.44 bits per heavy atom. The van der Waals surface area contributed by atoms with Gasteiger partial charge in [0.2, 0.25) is 5.91 Å². The number of hydrogen-bond donors (Lipinski definition) is 3. The molecule has 0 aliphatic carbocycles. The number of carbonyl (C=O) groups excluding carboxylic acids is 1. The number of aromatic amines is 1. The molecule has 1 amide bonds. The van der Waals surface area contributed by atoms with E-state index in [0.717, 1.165) is 12.1 Å². The highest BCUT2D eigenvalue weighted by Crippen LogP contribution is 2.33. The molecular formula is C16H18F3N5O. The minimum Gasteiger partial charge on any atom is -0.349 e. The Bertz CT molecular complexity index is 782. The molecule has 0 spiro atoms. The number of fused-ring (bicyclic) bond motifs is 1. The second-order valence-corrected chi connectivity index (χ2v) is 5.90. The molecule has 3 rings (SSSR count). The molecule has 0 bridgehead atoms. The Kier molecular flexibility index (Phi) is 4.67. The molecular weight excluding hydrogens is 335 g/mol. The van der Waals surface area contributed by atoms with Gasteiger partial charge in [-0.1, -0.05) is 6.08 Å². The van der Waals surface area contributed by atoms with Crippen molar-refractivity contribution in [2.45, 2.75) is 12.2 Å². The Morgan fingerprint density at radius 3 is 2.80 bits per heavy atom. The van der Waals surface area contributed by atoms with Crippen molar-refractivity contribution in [2.24, 2.45) is 0 Å². The van der Waals surface area contributed by atoms with E-state index in [0.29, 0.717) is 29.8 Å². The highest BCUT2D eigenvalue weighted by molar-refractivity contribution is 5.93. The van der Waals surface area contributed by atoms with Crippen molar-refractivity contribution in [3.8, 4) is 0 Å². The third-order valence-electron chi connectivity index (χ3n) is 4.00. The van der Waals surface area contributed by atoms with Gasteiger partial charge >= 0.3 is 6.18 Å². The van der Waals surface area contributed by atoms with Crippen LogP contribution in [0.3, 0.4) is 0 Å². The zero-order valence-corrected chi connectivity index (χ0v) is 13.4. The first-order valence-corrected chi connectivity index (χ1v) is 7.79. The SMILES string of the molecule is C=CCN(CC(=O)NC1CNC1)c1n[nH]c2ccc(C(F)(F)F)cc12. The normalized spacial score (nSPS) is 15.0. The molecule has 0 unspecified atom stereocenters. The Morgan fingerprint density at radius 2 is 2.20 bits per heavy atom. The Balaban J connectivity index is 1.87. The topological polar surface area (TPSA) is 73.1 Å². The zero-order chi connectivity index (χ0) is 18.0. The summed E-state index contributed by atoms with van der Waals surface area (Å²) in [7, 11) is 0. The van der Waals surface area contributed by atoms with Gasteiger partial charge in [0.25, 0.3) is 0 Å². The van der Waals surface area contributed by atoms with Gasteiger partial charge < -0.3 is 15.5 Å². The molecule has 6 nitrogen and oxygen atoms in total. The summed E-state index contributed by atoms with van der Waals surface area (Å²) in [5, 5.41) is 13.0. The number of halogens is 3. The zero-order valence-electron chi connectivity index (χ0n) is 13.4. The predicted molar refractivity (Wildman–Crippen MR) is 88.3 cm³/mol. The van der Waals surface area contributed by atoms with E-state index < -0.39 is 11.7 Å². The lowest BCUT2D eigenvalue weighted by atomic mass is 10.1. The van der Waals surface area contributed by atoms with Crippen LogP contribution < -0.4 is 15.5 Å². The van der Waals surface area contributed by atoms with Crippen molar-refractivity contribution < 1.29 is 18.0 Å². The van der Waals surface area contributed by atoms with Crippen LogP contribution in [0.2, 0.25) is 0 Å². The molecule has 2 heterocycles. The number of hydrogen-bond acceptors (Lipinski definition) is 4. The minimum absolute atomic E-state index is 0.0152. The van der Waals surface area contributed by atoms with E-state index in [9.17, 15) is 18.0 Å². The van der Waals surface area contributed by atoms with E-state index in [-0.39, 0.29) is 25.0 Å². The molecule has 134 valence electrons. The van der Waals surface area contributed by atoms with Crippen LogP contribution in [-0.4, -0.2) is 48.3 Å². The number of nitrogens with zero attached hydrogens (tertiary/aromatic N) is 2. The maximum atomic E-state index is 13.0. The van der Waals surface area contributed by atoms with Crippen LogP contribution in [0.15, 0.2) is 30.9 Å². The van der Waals surface area contributed by atoms with Gasteiger partial charge in [0.15, 0.2) is 5.82 Å². The smallest absolute Gasteiger partial charge is 0.349 e. The molecule has 1 aliphatic rings. The van der Waals surface area contributed by atoms with Crippen LogP contribution in [0.1, 0.15) is 5.56 Å². The largest absolute Gasteiger partial charge is 0.416 e. The van der Waals surface area contributed by atoms with E-state index in [4.69, 9.17) is 0 Å². The summed E-state index contributed by atoms with van der Waals surface area (Å²) < 4.78 is 38.9. The molecule has 1 aliphatic heterocycles. The van der Waals surface area contributed by atoms with Crippen molar-refractivity contribution in [3.63, 3.8) is 0 Å². The summed E-state index contributed by atoms with van der Waals surface area (Å²) in [6.07, 6.45) is -2.87. The first-order chi connectivity index (χ1) is 11.9. The first-order valence-electron chi connectivity index (χ1n) is 7.79. The average molecular weight is 353 g/mol. The number of rotatable bonds is 6. The molecule has 0 radical (unpaired) electrons. The molecule has 1 aromatic heterocycles. The summed E-state index contributed by atoms with van der Waals surface area (Å²) in [5.41, 5.74) is -0.285. The first kappa shape index (κ1) is 17.3. The van der Waals surface area contributed by atoms with E-state index >= 15 is 0 Å². The van der Waals surface area contributed by atoms with Crippen LogP contribution >= 0.6 is 0 Å². The second kappa shape index (κ2) is 6.75. The predicted octanol–water partition coefficient (Wildman–Crippen LogP) is 1.66. The van der Waals surface area contributed by atoms with Gasteiger partial charge in [-0.2, -0.15) is 18.3 Å². The lowest BCUT2D eigenvalue weighted by molar-refractivity contribution is -0.137. The van der Waals surface area contributed by atoms with Gasteiger partial charge in [-0.3, -0.25) is 9.89 Å². The summed E-state index contributed by atoms with van der Waals surface area (Å²) >= 11 is 0. The van der Waals surface area contributed by atoms with Gasteiger partial charge in [0, 0.05) is 25.0 Å². The Hall–Kier alpha value is -2.55. The number of anilines is 1. The third-order valence-corrected chi connectivity index (χ3v) is 4.00. The molecule has 25 heavy (non-hydrogen) atoms. The fraction of sp³-hybridized carbons (Fsp3) is 0.375. The van der Waals surface area contributed by atoms with Crippen molar-refractivity contribution in [1.29, 1.82) is 0 Å². The van der Waals surface area contributed by atoms with E-state index in [1.165, 1.54) is 6.07 Å². The maximum Gasteiger partial charge on any atom is 0.416 e. The molecule has 9 heteroatoms. The molecule has 0 atom stereocenters. The van der Waals surface area contributed by atoms with Gasteiger partial charge in [0.05, 0.1) is 23.7 Å². The highest BCUT2D eigenvalue weighted by atomic mass is 19.4. The molecule has 3 N–H and O–H groups in total. The third kappa shape index (κ3) is 3.76. The van der Waals surface area contributed by atoms with Gasteiger partial charge in [-0.15, -0.1) is 6.58 Å². The van der Waals surface area contributed by atoms with E-state index in [1.54, 1.807) is 11.0 Å². The molecule has 1 aromatic carbocycles. The maximum absolute atomic E-state index is 13.0. The van der Waals surface area contributed by atoms with Crippen molar-refractivity contribution in [3.05, 3.63) is 36.4 Å². The number of amides is 1. The molecule has 1 fully saturated rings. The number of carbonyl (C=O) groups is 1. The standard InChI is InChI=1S/C16H18F3N5O/c1-2-5-24(9-14(25)21-11-7-20-8-11)15-12-6-10(16(17,18)19)3-4-13(12)22-23-15/h2-4,6,11,20H,1,5,7-9H2,(H,21,25)(H,22,23). The number of benzene rings is 1. The summed E-state index contributed by atoms with van der Waals surface area (Å²) in [4.78, 5) is 13.7. The fourth-order valence-electron chi connectivity index (χ4n) is 2.64. The quantitative estimate of drug-likeness (QED) is 0.691. The second-order valence-electron chi connectivity index (χ2n) is 5.90. The summed E-state index contributed by atoms with van der Waals surface area (Å²) in [5.74, 6) is 0.0827. The van der Waals surface area contributed by atoms with Gasteiger partial charge in [-0.05, 0) is 18.2 Å². The van der Waals surface area contributed by atoms with Crippen LogP contribution in [-0.2, 0) is 11.0 Å².